The van der Waals surface area contributed by atoms with Gasteiger partial charge in [-0.05, 0) is 49.7 Å². The molecule has 0 aliphatic carbocycles. The molecule has 0 N–H and O–H groups in total. The molecule has 7 nitrogen and oxygen atoms in total. The average molecular weight is 386 g/mol. The van der Waals surface area contributed by atoms with Crippen molar-refractivity contribution in [2.24, 2.45) is 0 Å². The molecule has 0 aliphatic heterocycles. The van der Waals surface area contributed by atoms with Gasteiger partial charge in [0, 0.05) is 5.02 Å². The van der Waals surface area contributed by atoms with Gasteiger partial charge in [-0.15, -0.1) is 0 Å². The highest BCUT2D eigenvalue weighted by Crippen LogP contribution is 2.25. The summed E-state index contributed by atoms with van der Waals surface area (Å²) in [5, 5.41) is 16.0. The molecule has 0 saturated carbocycles. The van der Waals surface area contributed by atoms with Crippen LogP contribution in [0.1, 0.15) is 27.3 Å². The van der Waals surface area contributed by atoms with Gasteiger partial charge < -0.3 is 4.74 Å². The normalized spacial score (nSPS) is 10.6. The van der Waals surface area contributed by atoms with Crippen LogP contribution in [-0.2, 0) is 11.3 Å². The Morgan fingerprint density at radius 2 is 1.93 bits per heavy atom. The van der Waals surface area contributed by atoms with Crippen LogP contribution in [0.2, 0.25) is 5.02 Å². The smallest absolute Gasteiger partial charge is 0.338 e. The summed E-state index contributed by atoms with van der Waals surface area (Å²) >= 11 is 5.83. The number of carbonyl (C=O) groups excluding carboxylic acids is 1. The maximum absolute atomic E-state index is 12.3. The van der Waals surface area contributed by atoms with Gasteiger partial charge in [0.2, 0.25) is 0 Å². The SMILES string of the molecule is Cc1nn(-c2cccc(C(=O)OCc3ccc(Cl)cc3)c2)c(C)c1[N+](=O)[O-]. The van der Waals surface area contributed by atoms with Crippen LogP contribution in [0.5, 0.6) is 0 Å². The van der Waals surface area contributed by atoms with E-state index in [1.165, 1.54) is 4.68 Å². The van der Waals surface area contributed by atoms with E-state index < -0.39 is 10.9 Å². The molecular weight excluding hydrogens is 370 g/mol. The number of rotatable bonds is 5. The second kappa shape index (κ2) is 7.59. The number of hydrogen-bond donors (Lipinski definition) is 0. The van der Waals surface area contributed by atoms with Crippen molar-refractivity contribution in [1.29, 1.82) is 0 Å². The lowest BCUT2D eigenvalue weighted by Gasteiger charge is -2.08. The molecule has 0 fully saturated rings. The molecule has 27 heavy (non-hydrogen) atoms. The van der Waals surface area contributed by atoms with Crippen molar-refractivity contribution in [3.63, 3.8) is 0 Å². The molecule has 0 bridgehead atoms. The zero-order valence-electron chi connectivity index (χ0n) is 14.7. The van der Waals surface area contributed by atoms with E-state index in [1.54, 1.807) is 62.4 Å². The molecule has 3 aromatic rings. The number of halogens is 1. The van der Waals surface area contributed by atoms with Crippen molar-refractivity contribution < 1.29 is 14.5 Å². The summed E-state index contributed by atoms with van der Waals surface area (Å²) in [6.07, 6.45) is 0. The van der Waals surface area contributed by atoms with Crippen LogP contribution in [0.15, 0.2) is 48.5 Å². The lowest BCUT2D eigenvalue weighted by atomic mass is 10.2. The van der Waals surface area contributed by atoms with Gasteiger partial charge in [0.15, 0.2) is 0 Å². The Labute approximate surface area is 160 Å². The summed E-state index contributed by atoms with van der Waals surface area (Å²) in [6.45, 7) is 3.31. The first-order valence-electron chi connectivity index (χ1n) is 8.09. The maximum Gasteiger partial charge on any atom is 0.338 e. The van der Waals surface area contributed by atoms with Gasteiger partial charge in [0.1, 0.15) is 18.0 Å². The minimum absolute atomic E-state index is 0.0364. The predicted octanol–water partition coefficient (Wildman–Crippen LogP) is 4.41. The van der Waals surface area contributed by atoms with Crippen molar-refractivity contribution in [2.75, 3.05) is 0 Å². The molecule has 1 heterocycles. The highest BCUT2D eigenvalue weighted by molar-refractivity contribution is 6.30. The van der Waals surface area contributed by atoms with Gasteiger partial charge in [0.05, 0.1) is 16.2 Å². The fourth-order valence-corrected chi connectivity index (χ4v) is 2.85. The van der Waals surface area contributed by atoms with Crippen LogP contribution in [0.3, 0.4) is 0 Å². The minimum Gasteiger partial charge on any atom is -0.457 e. The standard InChI is InChI=1S/C19H16ClN3O4/c1-12-18(23(25)26)13(2)22(21-12)17-5-3-4-15(10-17)19(24)27-11-14-6-8-16(20)9-7-14/h3-10H,11H2,1-2H3. The number of esters is 1. The molecule has 3 rings (SSSR count). The number of hydrogen-bond acceptors (Lipinski definition) is 5. The number of aryl methyl sites for hydroxylation is 1. The second-order valence-electron chi connectivity index (χ2n) is 5.94. The van der Waals surface area contributed by atoms with E-state index in [9.17, 15) is 14.9 Å². The number of carbonyl (C=O) groups is 1. The topological polar surface area (TPSA) is 87.3 Å². The molecule has 0 spiro atoms. The Morgan fingerprint density at radius 1 is 1.22 bits per heavy atom. The lowest BCUT2D eigenvalue weighted by Crippen LogP contribution is -2.07. The Bertz CT molecular complexity index is 1010. The zero-order chi connectivity index (χ0) is 19.6. The van der Waals surface area contributed by atoms with Crippen molar-refractivity contribution in [3.05, 3.63) is 86.2 Å². The molecule has 138 valence electrons. The summed E-state index contributed by atoms with van der Waals surface area (Å²) in [6, 6.07) is 13.6. The van der Waals surface area contributed by atoms with Crippen LogP contribution < -0.4 is 0 Å². The molecule has 0 unspecified atom stereocenters. The number of nitro groups is 1. The first-order chi connectivity index (χ1) is 12.9. The summed E-state index contributed by atoms with van der Waals surface area (Å²) in [5.74, 6) is -0.497. The van der Waals surface area contributed by atoms with Crippen molar-refractivity contribution >= 4 is 23.3 Å². The van der Waals surface area contributed by atoms with E-state index in [0.717, 1.165) is 5.56 Å². The van der Waals surface area contributed by atoms with Crippen LogP contribution in [0, 0.1) is 24.0 Å². The number of benzene rings is 2. The predicted molar refractivity (Wildman–Crippen MR) is 100 cm³/mol. The van der Waals surface area contributed by atoms with E-state index in [4.69, 9.17) is 16.3 Å². The van der Waals surface area contributed by atoms with E-state index in [2.05, 4.69) is 5.10 Å². The largest absolute Gasteiger partial charge is 0.457 e. The zero-order valence-corrected chi connectivity index (χ0v) is 15.4. The van der Waals surface area contributed by atoms with Crippen molar-refractivity contribution in [3.8, 4) is 5.69 Å². The number of aromatic nitrogens is 2. The van der Waals surface area contributed by atoms with Gasteiger partial charge in [0.25, 0.3) is 0 Å². The first kappa shape index (κ1) is 18.6. The number of ether oxygens (including phenoxy) is 1. The Hall–Kier alpha value is -3.19. The van der Waals surface area contributed by atoms with Gasteiger partial charge in [-0.1, -0.05) is 29.8 Å². The Balaban J connectivity index is 1.81. The Morgan fingerprint density at radius 3 is 2.56 bits per heavy atom. The molecule has 0 atom stereocenters. The van der Waals surface area contributed by atoms with Gasteiger partial charge >= 0.3 is 11.7 Å². The van der Waals surface area contributed by atoms with E-state index in [1.807, 2.05) is 0 Å². The summed E-state index contributed by atoms with van der Waals surface area (Å²) in [7, 11) is 0. The minimum atomic E-state index is -0.497. The first-order valence-corrected chi connectivity index (χ1v) is 8.47. The fourth-order valence-electron chi connectivity index (χ4n) is 2.73. The fraction of sp³-hybridized carbons (Fsp3) is 0.158. The third-order valence-corrected chi connectivity index (χ3v) is 4.30. The van der Waals surface area contributed by atoms with Crippen LogP contribution in [0.25, 0.3) is 5.69 Å². The van der Waals surface area contributed by atoms with Crippen molar-refractivity contribution in [2.45, 2.75) is 20.5 Å². The third-order valence-electron chi connectivity index (χ3n) is 4.05. The van der Waals surface area contributed by atoms with E-state index >= 15 is 0 Å². The van der Waals surface area contributed by atoms with Crippen molar-refractivity contribution in [1.82, 2.24) is 9.78 Å². The van der Waals surface area contributed by atoms with E-state index in [-0.39, 0.29) is 12.3 Å². The molecule has 0 amide bonds. The molecule has 0 radical (unpaired) electrons. The lowest BCUT2D eigenvalue weighted by molar-refractivity contribution is -0.386. The molecule has 1 aromatic heterocycles. The summed E-state index contributed by atoms with van der Waals surface area (Å²) in [4.78, 5) is 23.1. The summed E-state index contributed by atoms with van der Waals surface area (Å²) in [5.41, 5.74) is 2.36. The molecular formula is C19H16ClN3O4. The highest BCUT2D eigenvalue weighted by Gasteiger charge is 2.22. The van der Waals surface area contributed by atoms with Crippen LogP contribution in [-0.4, -0.2) is 20.7 Å². The van der Waals surface area contributed by atoms with Crippen LogP contribution in [0.4, 0.5) is 5.69 Å². The number of nitrogens with zero attached hydrogens (tertiary/aromatic N) is 3. The van der Waals surface area contributed by atoms with Gasteiger partial charge in [-0.2, -0.15) is 5.10 Å². The molecule has 0 aliphatic rings. The average Bonchev–Trinajstić information content (AvgIpc) is 2.95. The molecule has 8 heteroatoms. The highest BCUT2D eigenvalue weighted by atomic mass is 35.5. The second-order valence-corrected chi connectivity index (χ2v) is 6.38. The molecule has 2 aromatic carbocycles. The summed E-state index contributed by atoms with van der Waals surface area (Å²) < 4.78 is 6.77. The maximum atomic E-state index is 12.3. The van der Waals surface area contributed by atoms with Gasteiger partial charge in [-0.3, -0.25) is 10.1 Å². The monoisotopic (exact) mass is 385 g/mol. The van der Waals surface area contributed by atoms with E-state index in [0.29, 0.717) is 27.7 Å². The quantitative estimate of drug-likeness (QED) is 0.369. The molecule has 0 saturated heterocycles. The van der Waals surface area contributed by atoms with Gasteiger partial charge in [-0.25, -0.2) is 9.48 Å². The third kappa shape index (κ3) is 3.98. The van der Waals surface area contributed by atoms with Crippen LogP contribution >= 0.6 is 11.6 Å². The Kier molecular flexibility index (Phi) is 5.23.